The third-order valence-electron chi connectivity index (χ3n) is 3.21. The smallest absolute Gasteiger partial charge is 0.303 e. The highest BCUT2D eigenvalue weighted by Gasteiger charge is 2.19. The van der Waals surface area contributed by atoms with Crippen LogP contribution in [0.1, 0.15) is 43.5 Å². The number of aliphatic carboxylic acids is 1. The molecular weight excluding hydrogens is 278 g/mol. The van der Waals surface area contributed by atoms with Crippen LogP contribution in [0.3, 0.4) is 0 Å². The Morgan fingerprint density at radius 1 is 1.20 bits per heavy atom. The summed E-state index contributed by atoms with van der Waals surface area (Å²) in [5.74, 6) is -0.932. The molecule has 20 heavy (non-hydrogen) atoms. The zero-order valence-corrected chi connectivity index (χ0v) is 12.5. The Morgan fingerprint density at radius 2 is 1.80 bits per heavy atom. The topological polar surface area (TPSA) is 66.4 Å². The number of nitrogens with one attached hydrogen (secondary N) is 1. The highest BCUT2D eigenvalue weighted by Crippen LogP contribution is 2.26. The minimum absolute atomic E-state index is 0.105. The van der Waals surface area contributed by atoms with E-state index in [1.54, 1.807) is 24.3 Å². The molecule has 110 valence electrons. The molecule has 0 unspecified atom stereocenters. The van der Waals surface area contributed by atoms with Gasteiger partial charge in [-0.1, -0.05) is 25.4 Å². The van der Waals surface area contributed by atoms with Crippen LogP contribution in [0, 0.1) is 5.41 Å². The number of benzene rings is 1. The van der Waals surface area contributed by atoms with Crippen molar-refractivity contribution in [2.24, 2.45) is 5.41 Å². The lowest BCUT2D eigenvalue weighted by Gasteiger charge is -2.23. The van der Waals surface area contributed by atoms with E-state index in [4.69, 9.17) is 16.7 Å². The number of hydrogen-bond donors (Lipinski definition) is 2. The van der Waals surface area contributed by atoms with Crippen LogP contribution in [0.2, 0.25) is 5.02 Å². The summed E-state index contributed by atoms with van der Waals surface area (Å²) in [6.07, 6.45) is 1.48. The monoisotopic (exact) mass is 297 g/mol. The number of carbonyl (C=O) groups excluding carboxylic acids is 1. The summed E-state index contributed by atoms with van der Waals surface area (Å²) < 4.78 is 0. The highest BCUT2D eigenvalue weighted by molar-refractivity contribution is 6.30. The van der Waals surface area contributed by atoms with Crippen LogP contribution in [0.4, 0.5) is 0 Å². The molecule has 0 bridgehead atoms. The highest BCUT2D eigenvalue weighted by atomic mass is 35.5. The molecule has 0 fully saturated rings. The largest absolute Gasteiger partial charge is 0.481 e. The fourth-order valence-electron chi connectivity index (χ4n) is 1.79. The molecule has 1 rings (SSSR count). The molecule has 0 atom stereocenters. The number of rotatable bonds is 7. The predicted molar refractivity (Wildman–Crippen MR) is 79.1 cm³/mol. The van der Waals surface area contributed by atoms with Gasteiger partial charge in [-0.05, 0) is 42.5 Å². The lowest BCUT2D eigenvalue weighted by molar-refractivity contribution is -0.137. The molecule has 2 N–H and O–H groups in total. The van der Waals surface area contributed by atoms with Gasteiger partial charge in [0.15, 0.2) is 0 Å². The summed E-state index contributed by atoms with van der Waals surface area (Å²) in [5.41, 5.74) is 0.462. The lowest BCUT2D eigenvalue weighted by atomic mass is 9.84. The Bertz CT molecular complexity index is 469. The van der Waals surface area contributed by atoms with Crippen LogP contribution in [0.25, 0.3) is 0 Å². The van der Waals surface area contributed by atoms with Crippen molar-refractivity contribution >= 4 is 23.5 Å². The number of amides is 1. The van der Waals surface area contributed by atoms with Crippen LogP contribution >= 0.6 is 11.6 Å². The van der Waals surface area contributed by atoms with Crippen molar-refractivity contribution in [3.63, 3.8) is 0 Å². The summed E-state index contributed by atoms with van der Waals surface area (Å²) >= 11 is 5.76. The first kappa shape index (κ1) is 16.5. The van der Waals surface area contributed by atoms with E-state index < -0.39 is 5.97 Å². The average molecular weight is 298 g/mol. The van der Waals surface area contributed by atoms with Gasteiger partial charge in [0.1, 0.15) is 0 Å². The maximum Gasteiger partial charge on any atom is 0.303 e. The molecule has 0 aromatic heterocycles. The number of carboxylic acid groups (broad SMARTS) is 1. The molecule has 5 heteroatoms. The fraction of sp³-hybridized carbons (Fsp3) is 0.467. The van der Waals surface area contributed by atoms with E-state index in [0.717, 1.165) is 6.42 Å². The van der Waals surface area contributed by atoms with Gasteiger partial charge in [0.25, 0.3) is 5.91 Å². The molecule has 1 amide bonds. The molecule has 0 saturated heterocycles. The summed E-state index contributed by atoms with van der Waals surface area (Å²) in [5, 5.41) is 12.1. The molecule has 0 heterocycles. The third-order valence-corrected chi connectivity index (χ3v) is 3.46. The van der Waals surface area contributed by atoms with Gasteiger partial charge in [0.05, 0.1) is 0 Å². The van der Waals surface area contributed by atoms with Gasteiger partial charge < -0.3 is 10.4 Å². The second-order valence-electron chi connectivity index (χ2n) is 5.57. The number of carboxylic acids is 1. The Labute approximate surface area is 124 Å². The third kappa shape index (κ3) is 6.06. The van der Waals surface area contributed by atoms with Gasteiger partial charge in [-0.2, -0.15) is 0 Å². The molecule has 0 spiro atoms. The first-order chi connectivity index (χ1) is 9.30. The van der Waals surface area contributed by atoms with Crippen molar-refractivity contribution in [3.05, 3.63) is 34.9 Å². The summed E-state index contributed by atoms with van der Waals surface area (Å²) in [6, 6.07) is 6.70. The van der Waals surface area contributed by atoms with Gasteiger partial charge in [-0.25, -0.2) is 0 Å². The standard InChI is InChI=1S/C15H20ClNO3/c1-15(2,8-7-13(18)19)9-10-17-14(20)11-3-5-12(16)6-4-11/h3-6H,7-10H2,1-2H3,(H,17,20)(H,18,19). The quantitative estimate of drug-likeness (QED) is 0.811. The van der Waals surface area contributed by atoms with Crippen molar-refractivity contribution in [1.82, 2.24) is 5.32 Å². The Hall–Kier alpha value is -1.55. The second-order valence-corrected chi connectivity index (χ2v) is 6.01. The molecule has 1 aromatic rings. The van der Waals surface area contributed by atoms with Gasteiger partial charge >= 0.3 is 5.97 Å². The van der Waals surface area contributed by atoms with Crippen molar-refractivity contribution < 1.29 is 14.7 Å². The molecule has 4 nitrogen and oxygen atoms in total. The molecule has 0 aliphatic carbocycles. The fourth-order valence-corrected chi connectivity index (χ4v) is 1.91. The molecule has 0 aliphatic rings. The number of hydrogen-bond acceptors (Lipinski definition) is 2. The number of halogens is 1. The van der Waals surface area contributed by atoms with E-state index in [2.05, 4.69) is 5.32 Å². The predicted octanol–water partition coefficient (Wildman–Crippen LogP) is 3.35. The maximum absolute atomic E-state index is 11.9. The summed E-state index contributed by atoms with van der Waals surface area (Å²) in [7, 11) is 0. The zero-order valence-electron chi connectivity index (χ0n) is 11.8. The van der Waals surface area contributed by atoms with E-state index in [1.807, 2.05) is 13.8 Å². The lowest BCUT2D eigenvalue weighted by Crippen LogP contribution is -2.28. The molecule has 1 aromatic carbocycles. The average Bonchev–Trinajstić information content (AvgIpc) is 2.37. The van der Waals surface area contributed by atoms with E-state index in [-0.39, 0.29) is 17.7 Å². The van der Waals surface area contributed by atoms with Crippen molar-refractivity contribution in [3.8, 4) is 0 Å². The van der Waals surface area contributed by atoms with E-state index in [0.29, 0.717) is 23.6 Å². The Kier molecular flexibility index (Phi) is 6.02. The minimum Gasteiger partial charge on any atom is -0.481 e. The van der Waals surface area contributed by atoms with Gasteiger partial charge in [0.2, 0.25) is 0 Å². The van der Waals surface area contributed by atoms with E-state index >= 15 is 0 Å². The molecular formula is C15H20ClNO3. The van der Waals surface area contributed by atoms with Crippen molar-refractivity contribution in [2.75, 3.05) is 6.54 Å². The van der Waals surface area contributed by atoms with Gasteiger partial charge in [-0.15, -0.1) is 0 Å². The van der Waals surface area contributed by atoms with Gasteiger partial charge in [0, 0.05) is 23.6 Å². The van der Waals surface area contributed by atoms with E-state index in [1.165, 1.54) is 0 Å². The Morgan fingerprint density at radius 3 is 2.35 bits per heavy atom. The van der Waals surface area contributed by atoms with Crippen LogP contribution in [0.15, 0.2) is 24.3 Å². The van der Waals surface area contributed by atoms with Crippen LogP contribution in [-0.4, -0.2) is 23.5 Å². The number of carbonyl (C=O) groups is 2. The van der Waals surface area contributed by atoms with Crippen molar-refractivity contribution in [2.45, 2.75) is 33.1 Å². The first-order valence-electron chi connectivity index (χ1n) is 6.56. The van der Waals surface area contributed by atoms with Gasteiger partial charge in [-0.3, -0.25) is 9.59 Å². The summed E-state index contributed by atoms with van der Waals surface area (Å²) in [6.45, 7) is 4.53. The molecule has 0 radical (unpaired) electrons. The van der Waals surface area contributed by atoms with Crippen LogP contribution < -0.4 is 5.32 Å². The second kappa shape index (κ2) is 7.29. The molecule has 0 saturated carbocycles. The maximum atomic E-state index is 11.9. The minimum atomic E-state index is -0.789. The molecule has 0 aliphatic heterocycles. The summed E-state index contributed by atoms with van der Waals surface area (Å²) in [4.78, 5) is 22.4. The SMILES string of the molecule is CC(C)(CCNC(=O)c1ccc(Cl)cc1)CCC(=O)O. The van der Waals surface area contributed by atoms with E-state index in [9.17, 15) is 9.59 Å². The first-order valence-corrected chi connectivity index (χ1v) is 6.93. The van der Waals surface area contributed by atoms with Crippen LogP contribution in [-0.2, 0) is 4.79 Å². The van der Waals surface area contributed by atoms with Crippen molar-refractivity contribution in [1.29, 1.82) is 0 Å². The van der Waals surface area contributed by atoms with Crippen LogP contribution in [0.5, 0.6) is 0 Å². The zero-order chi connectivity index (χ0) is 15.2. The Balaban J connectivity index is 2.38. The normalized spacial score (nSPS) is 11.2.